The van der Waals surface area contributed by atoms with Gasteiger partial charge in [0.15, 0.2) is 11.6 Å². The molecular formula is C23H19ClO2. The van der Waals surface area contributed by atoms with Gasteiger partial charge in [-0.3, -0.25) is 9.59 Å². The van der Waals surface area contributed by atoms with E-state index in [0.717, 1.165) is 11.1 Å². The van der Waals surface area contributed by atoms with Crippen LogP contribution in [0.15, 0.2) is 78.9 Å². The Kier molecular flexibility index (Phi) is 5.65. The average Bonchev–Trinajstić information content (AvgIpc) is 2.67. The van der Waals surface area contributed by atoms with Crippen LogP contribution in [0.2, 0.25) is 5.02 Å². The number of hydrogen-bond acceptors (Lipinski definition) is 2. The molecule has 0 radical (unpaired) electrons. The number of carbonyl (C=O) groups is 2. The number of benzene rings is 3. The first kappa shape index (κ1) is 18.1. The molecule has 0 spiro atoms. The summed E-state index contributed by atoms with van der Waals surface area (Å²) in [4.78, 5) is 25.8. The lowest BCUT2D eigenvalue weighted by atomic mass is 9.85. The molecule has 1 unspecified atom stereocenters. The monoisotopic (exact) mass is 362 g/mol. The van der Waals surface area contributed by atoms with Crippen molar-refractivity contribution in [3.8, 4) is 0 Å². The highest BCUT2D eigenvalue weighted by Gasteiger charge is 2.25. The minimum absolute atomic E-state index is 0.0431. The third-order valence-electron chi connectivity index (χ3n) is 4.41. The van der Waals surface area contributed by atoms with Crippen molar-refractivity contribution in [1.82, 2.24) is 0 Å². The maximum absolute atomic E-state index is 13.1. The summed E-state index contributed by atoms with van der Waals surface area (Å²) < 4.78 is 0. The molecule has 0 fully saturated rings. The number of hydrogen-bond donors (Lipinski definition) is 0. The summed E-state index contributed by atoms with van der Waals surface area (Å²) in [5, 5.41) is 0.578. The SMILES string of the molecule is Cc1ccc(C(CC(=O)c2ccccc2)C(=O)c2ccc(Cl)cc2)cc1. The van der Waals surface area contributed by atoms with Gasteiger partial charge in [-0.15, -0.1) is 0 Å². The first-order valence-corrected chi connectivity index (χ1v) is 8.87. The largest absolute Gasteiger partial charge is 0.294 e. The second-order valence-electron chi connectivity index (χ2n) is 6.33. The molecule has 0 aromatic heterocycles. The van der Waals surface area contributed by atoms with E-state index in [1.54, 1.807) is 36.4 Å². The van der Waals surface area contributed by atoms with Crippen LogP contribution in [0, 0.1) is 6.92 Å². The fraction of sp³-hybridized carbons (Fsp3) is 0.130. The van der Waals surface area contributed by atoms with Crippen LogP contribution in [-0.2, 0) is 0 Å². The van der Waals surface area contributed by atoms with Crippen molar-refractivity contribution in [2.75, 3.05) is 0 Å². The molecule has 0 saturated heterocycles. The zero-order valence-corrected chi connectivity index (χ0v) is 15.2. The van der Waals surface area contributed by atoms with Crippen molar-refractivity contribution < 1.29 is 9.59 Å². The van der Waals surface area contributed by atoms with Crippen molar-refractivity contribution >= 4 is 23.2 Å². The second kappa shape index (κ2) is 8.11. The highest BCUT2D eigenvalue weighted by Crippen LogP contribution is 2.27. The van der Waals surface area contributed by atoms with Crippen LogP contribution < -0.4 is 0 Å². The summed E-state index contributed by atoms with van der Waals surface area (Å²) in [7, 11) is 0. The van der Waals surface area contributed by atoms with Crippen LogP contribution >= 0.6 is 11.6 Å². The lowest BCUT2D eigenvalue weighted by Crippen LogP contribution is -2.17. The highest BCUT2D eigenvalue weighted by molar-refractivity contribution is 6.30. The van der Waals surface area contributed by atoms with Crippen LogP contribution in [0.3, 0.4) is 0 Å². The number of ketones is 2. The molecule has 0 bridgehead atoms. The normalized spacial score (nSPS) is 11.8. The smallest absolute Gasteiger partial charge is 0.170 e. The Morgan fingerprint density at radius 3 is 2.04 bits per heavy atom. The zero-order valence-electron chi connectivity index (χ0n) is 14.5. The van der Waals surface area contributed by atoms with Crippen LogP contribution in [0.1, 0.15) is 44.2 Å². The highest BCUT2D eigenvalue weighted by atomic mass is 35.5. The topological polar surface area (TPSA) is 34.1 Å². The molecule has 1 atom stereocenters. The third kappa shape index (κ3) is 4.27. The molecule has 0 heterocycles. The molecule has 3 aromatic rings. The van der Waals surface area contributed by atoms with Crippen LogP contribution in [0.5, 0.6) is 0 Å². The standard InChI is InChI=1S/C23H19ClO2/c1-16-7-9-17(10-8-16)21(15-22(25)18-5-3-2-4-6-18)23(26)19-11-13-20(24)14-12-19/h2-14,21H,15H2,1H3. The number of aryl methyl sites for hydroxylation is 1. The van der Waals surface area contributed by atoms with Gasteiger partial charge < -0.3 is 0 Å². The first-order valence-electron chi connectivity index (χ1n) is 8.49. The van der Waals surface area contributed by atoms with E-state index in [1.165, 1.54) is 0 Å². The Labute approximate surface area is 158 Å². The van der Waals surface area contributed by atoms with Gasteiger partial charge in [-0.25, -0.2) is 0 Å². The summed E-state index contributed by atoms with van der Waals surface area (Å²) in [6, 6.07) is 23.7. The van der Waals surface area contributed by atoms with E-state index in [2.05, 4.69) is 0 Å². The maximum Gasteiger partial charge on any atom is 0.170 e. The molecule has 26 heavy (non-hydrogen) atoms. The molecule has 3 aromatic carbocycles. The predicted octanol–water partition coefficient (Wildman–Crippen LogP) is 5.89. The van der Waals surface area contributed by atoms with E-state index < -0.39 is 5.92 Å². The molecule has 0 aliphatic rings. The lowest BCUT2D eigenvalue weighted by Gasteiger charge is -2.16. The van der Waals surface area contributed by atoms with Crippen molar-refractivity contribution in [2.24, 2.45) is 0 Å². The summed E-state index contributed by atoms with van der Waals surface area (Å²) in [6.07, 6.45) is 0.133. The second-order valence-corrected chi connectivity index (χ2v) is 6.76. The summed E-state index contributed by atoms with van der Waals surface area (Å²) >= 11 is 5.93. The number of rotatable bonds is 6. The molecule has 0 saturated carbocycles. The molecule has 0 aliphatic carbocycles. The summed E-state index contributed by atoms with van der Waals surface area (Å²) in [6.45, 7) is 1.99. The quantitative estimate of drug-likeness (QED) is 0.512. The summed E-state index contributed by atoms with van der Waals surface area (Å²) in [5.74, 6) is -0.641. The predicted molar refractivity (Wildman–Crippen MR) is 105 cm³/mol. The van der Waals surface area contributed by atoms with E-state index in [0.29, 0.717) is 16.1 Å². The van der Waals surface area contributed by atoms with Gasteiger partial charge in [0.05, 0.1) is 5.92 Å². The Morgan fingerprint density at radius 2 is 1.42 bits per heavy atom. The van der Waals surface area contributed by atoms with Gasteiger partial charge in [0.1, 0.15) is 0 Å². The van der Waals surface area contributed by atoms with E-state index in [-0.39, 0.29) is 18.0 Å². The van der Waals surface area contributed by atoms with E-state index in [4.69, 9.17) is 11.6 Å². The van der Waals surface area contributed by atoms with E-state index >= 15 is 0 Å². The fourth-order valence-corrected chi connectivity index (χ4v) is 3.03. The zero-order chi connectivity index (χ0) is 18.5. The maximum atomic E-state index is 13.1. The molecule has 2 nitrogen and oxygen atoms in total. The van der Waals surface area contributed by atoms with Crippen molar-refractivity contribution in [2.45, 2.75) is 19.3 Å². The fourth-order valence-electron chi connectivity index (χ4n) is 2.90. The Bertz CT molecular complexity index is 897. The van der Waals surface area contributed by atoms with Gasteiger partial charge in [0.25, 0.3) is 0 Å². The molecule has 130 valence electrons. The van der Waals surface area contributed by atoms with Crippen LogP contribution in [-0.4, -0.2) is 11.6 Å². The summed E-state index contributed by atoms with van der Waals surface area (Å²) in [5.41, 5.74) is 3.13. The Morgan fingerprint density at radius 1 is 0.808 bits per heavy atom. The minimum atomic E-state index is -0.524. The molecule has 0 aliphatic heterocycles. The number of Topliss-reactive ketones (excluding diaryl/α,β-unsaturated/α-hetero) is 2. The Hall–Kier alpha value is -2.71. The van der Waals surface area contributed by atoms with Gasteiger partial charge in [0, 0.05) is 22.6 Å². The lowest BCUT2D eigenvalue weighted by molar-refractivity contribution is 0.0893. The van der Waals surface area contributed by atoms with E-state index in [9.17, 15) is 9.59 Å². The molecule has 3 heteroatoms. The Balaban J connectivity index is 1.93. The molecule has 3 rings (SSSR count). The average molecular weight is 363 g/mol. The van der Waals surface area contributed by atoms with Gasteiger partial charge >= 0.3 is 0 Å². The van der Waals surface area contributed by atoms with Gasteiger partial charge in [-0.2, -0.15) is 0 Å². The van der Waals surface area contributed by atoms with Gasteiger partial charge in [0.2, 0.25) is 0 Å². The van der Waals surface area contributed by atoms with Crippen LogP contribution in [0.4, 0.5) is 0 Å². The molecule has 0 amide bonds. The van der Waals surface area contributed by atoms with Crippen molar-refractivity contribution in [3.63, 3.8) is 0 Å². The van der Waals surface area contributed by atoms with Crippen molar-refractivity contribution in [3.05, 3.63) is 106 Å². The molecular weight excluding hydrogens is 344 g/mol. The minimum Gasteiger partial charge on any atom is -0.294 e. The number of halogens is 1. The number of carbonyl (C=O) groups excluding carboxylic acids is 2. The van der Waals surface area contributed by atoms with Gasteiger partial charge in [-0.05, 0) is 36.8 Å². The van der Waals surface area contributed by atoms with Crippen LogP contribution in [0.25, 0.3) is 0 Å². The third-order valence-corrected chi connectivity index (χ3v) is 4.66. The first-order chi connectivity index (χ1) is 12.5. The molecule has 0 N–H and O–H groups in total. The van der Waals surface area contributed by atoms with E-state index in [1.807, 2.05) is 49.4 Å². The van der Waals surface area contributed by atoms with Crippen molar-refractivity contribution in [1.29, 1.82) is 0 Å². The van der Waals surface area contributed by atoms with Gasteiger partial charge in [-0.1, -0.05) is 71.8 Å².